The molecule has 1 rings (SSSR count). The third-order valence-electron chi connectivity index (χ3n) is 7.04. The molecule has 0 saturated heterocycles. The van der Waals surface area contributed by atoms with E-state index in [9.17, 15) is 9.59 Å². The van der Waals surface area contributed by atoms with E-state index < -0.39 is 12.2 Å². The fourth-order valence-electron chi connectivity index (χ4n) is 4.51. The van der Waals surface area contributed by atoms with Crippen LogP contribution in [0.3, 0.4) is 0 Å². The van der Waals surface area contributed by atoms with Crippen LogP contribution in [0.4, 0.5) is 4.79 Å². The maximum Gasteiger partial charge on any atom is 0.407 e. The topological polar surface area (TPSA) is 77.7 Å². The summed E-state index contributed by atoms with van der Waals surface area (Å²) in [6, 6.07) is 5.87. The number of aryl methyl sites for hydroxylation is 1. The molecule has 0 fully saturated rings. The summed E-state index contributed by atoms with van der Waals surface area (Å²) in [7, 11) is 1.52. The minimum atomic E-state index is -0.473. The van der Waals surface area contributed by atoms with Crippen LogP contribution in [0, 0.1) is 0 Å². The number of nitrogens with one attached hydrogen (secondary N) is 1. The van der Waals surface area contributed by atoms with E-state index in [4.69, 9.17) is 14.2 Å². The highest BCUT2D eigenvalue weighted by Gasteiger charge is 2.14. The van der Waals surface area contributed by atoms with Crippen molar-refractivity contribution in [3.63, 3.8) is 0 Å². The van der Waals surface area contributed by atoms with Crippen molar-refractivity contribution >= 4 is 12.1 Å². The number of aromatic nitrogens is 1. The molecule has 7 nitrogen and oxygen atoms in total. The van der Waals surface area contributed by atoms with Crippen molar-refractivity contribution < 1.29 is 40.8 Å². The normalized spacial score (nSPS) is 11.4. The number of ether oxygens (including phenoxy) is 3. The van der Waals surface area contributed by atoms with Crippen LogP contribution in [0.5, 0.6) is 0 Å². The standard InChI is InChI=1S/C32H56N2O5.ClH/c1-3-4-5-6-7-8-9-10-11-12-13-14-15-16-17-19-24-33-32(36)39-29-30(37-2)28-38-31(35)23-22-27-34-25-20-18-21-26-34;/h18,20-21,25-26,30H,3-17,19,22-24,27-29H2,1-2H3;1H/t30-;/m0./s1. The van der Waals surface area contributed by atoms with Crippen LogP contribution < -0.4 is 22.3 Å². The molecule has 0 aliphatic carbocycles. The Bertz CT molecular complexity index is 708. The molecule has 8 heteroatoms. The van der Waals surface area contributed by atoms with Crippen LogP contribution in [0.2, 0.25) is 0 Å². The van der Waals surface area contributed by atoms with Gasteiger partial charge in [0.2, 0.25) is 0 Å². The van der Waals surface area contributed by atoms with E-state index in [1.54, 1.807) is 0 Å². The minimum absolute atomic E-state index is 0. The number of amides is 1. The SMILES string of the molecule is CCCCCCCCCCCCCCCCCCNC(=O)OC[C@H](COC(=O)CCC[n+]1ccccc1)OC.[Cl-]. The van der Waals surface area contributed by atoms with Crippen LogP contribution in [-0.4, -0.2) is 45.0 Å². The van der Waals surface area contributed by atoms with Crippen molar-refractivity contribution in [2.75, 3.05) is 26.9 Å². The van der Waals surface area contributed by atoms with Crippen LogP contribution in [0.1, 0.15) is 122 Å². The molecular formula is C32H57ClN2O5. The first-order valence-electron chi connectivity index (χ1n) is 15.7. The Balaban J connectivity index is 0.0000152. The van der Waals surface area contributed by atoms with Gasteiger partial charge in [0.05, 0.1) is 6.42 Å². The van der Waals surface area contributed by atoms with Gasteiger partial charge in [-0.1, -0.05) is 109 Å². The zero-order valence-corrected chi connectivity index (χ0v) is 26.1. The Labute approximate surface area is 250 Å². The Morgan fingerprint density at radius 1 is 0.700 bits per heavy atom. The van der Waals surface area contributed by atoms with E-state index in [0.717, 1.165) is 19.4 Å². The molecule has 1 heterocycles. The van der Waals surface area contributed by atoms with Crippen molar-refractivity contribution in [1.82, 2.24) is 5.32 Å². The van der Waals surface area contributed by atoms with Gasteiger partial charge in [0.25, 0.3) is 0 Å². The number of methoxy groups -OCH3 is 1. The summed E-state index contributed by atoms with van der Waals surface area (Å²) in [6.07, 6.45) is 25.3. The number of unbranched alkanes of at least 4 members (excludes halogenated alkanes) is 15. The summed E-state index contributed by atoms with van der Waals surface area (Å²) in [6.45, 7) is 3.76. The molecule has 0 spiro atoms. The molecule has 1 N–H and O–H groups in total. The third kappa shape index (κ3) is 24.0. The number of pyridine rings is 1. The second-order valence-corrected chi connectivity index (χ2v) is 10.6. The van der Waals surface area contributed by atoms with Crippen LogP contribution >= 0.6 is 0 Å². The van der Waals surface area contributed by atoms with E-state index >= 15 is 0 Å². The van der Waals surface area contributed by atoms with Crippen molar-refractivity contribution in [2.45, 2.75) is 135 Å². The van der Waals surface area contributed by atoms with Gasteiger partial charge in [0, 0.05) is 32.2 Å². The lowest BCUT2D eigenvalue weighted by molar-refractivity contribution is -0.697. The number of halogens is 1. The molecule has 1 aromatic rings. The molecule has 1 atom stereocenters. The first kappa shape index (κ1) is 38.1. The van der Waals surface area contributed by atoms with Crippen LogP contribution in [0.15, 0.2) is 30.6 Å². The number of carbonyl (C=O) groups is 2. The number of rotatable bonds is 26. The molecule has 0 aromatic carbocycles. The van der Waals surface area contributed by atoms with E-state index in [2.05, 4.69) is 12.2 Å². The quantitative estimate of drug-likeness (QED) is 0.0998. The second-order valence-electron chi connectivity index (χ2n) is 10.6. The first-order valence-corrected chi connectivity index (χ1v) is 15.7. The highest BCUT2D eigenvalue weighted by atomic mass is 35.5. The Kier molecular flexibility index (Phi) is 27.3. The number of esters is 1. The molecule has 0 aliphatic heterocycles. The van der Waals surface area contributed by atoms with Crippen LogP contribution in [-0.2, 0) is 25.5 Å². The number of carbonyl (C=O) groups excluding carboxylic acids is 2. The minimum Gasteiger partial charge on any atom is -1.00 e. The molecule has 0 bridgehead atoms. The number of hydrogen-bond donors (Lipinski definition) is 1. The fourth-order valence-corrected chi connectivity index (χ4v) is 4.51. The van der Waals surface area contributed by atoms with Gasteiger partial charge in [0.15, 0.2) is 12.4 Å². The monoisotopic (exact) mass is 584 g/mol. The largest absolute Gasteiger partial charge is 1.00 e. The summed E-state index contributed by atoms with van der Waals surface area (Å²) in [5.41, 5.74) is 0. The Morgan fingerprint density at radius 3 is 1.73 bits per heavy atom. The maximum atomic E-state index is 12.0. The van der Waals surface area contributed by atoms with Gasteiger partial charge in [-0.25, -0.2) is 9.36 Å². The summed E-state index contributed by atoms with van der Waals surface area (Å²) in [4.78, 5) is 23.9. The molecule has 40 heavy (non-hydrogen) atoms. The molecule has 232 valence electrons. The molecule has 0 saturated carbocycles. The predicted octanol–water partition coefficient (Wildman–Crippen LogP) is 4.30. The van der Waals surface area contributed by atoms with Gasteiger partial charge in [-0.05, 0) is 6.42 Å². The summed E-state index contributed by atoms with van der Waals surface area (Å²) >= 11 is 0. The Morgan fingerprint density at radius 2 is 1.20 bits per heavy atom. The van der Waals surface area contributed by atoms with Crippen molar-refractivity contribution in [3.05, 3.63) is 30.6 Å². The average Bonchev–Trinajstić information content (AvgIpc) is 2.95. The van der Waals surface area contributed by atoms with E-state index in [1.807, 2.05) is 35.2 Å². The molecule has 0 aliphatic rings. The summed E-state index contributed by atoms with van der Waals surface area (Å²) in [5.74, 6) is -0.276. The van der Waals surface area contributed by atoms with E-state index in [0.29, 0.717) is 19.4 Å². The fraction of sp³-hybridized carbons (Fsp3) is 0.781. The van der Waals surface area contributed by atoms with Gasteiger partial charge in [0.1, 0.15) is 25.9 Å². The highest BCUT2D eigenvalue weighted by Crippen LogP contribution is 2.13. The number of nitrogens with zero attached hydrogens (tertiary/aromatic N) is 1. The number of alkyl carbamates (subject to hydrolysis) is 1. The van der Waals surface area contributed by atoms with Gasteiger partial charge < -0.3 is 31.9 Å². The van der Waals surface area contributed by atoms with Gasteiger partial charge >= 0.3 is 12.1 Å². The van der Waals surface area contributed by atoms with Crippen LogP contribution in [0.25, 0.3) is 0 Å². The van der Waals surface area contributed by atoms with Gasteiger partial charge in [-0.2, -0.15) is 0 Å². The summed E-state index contributed by atoms with van der Waals surface area (Å²) in [5, 5.41) is 2.79. The summed E-state index contributed by atoms with van der Waals surface area (Å²) < 4.78 is 17.8. The van der Waals surface area contributed by atoms with Gasteiger partial charge in [-0.15, -0.1) is 0 Å². The first-order chi connectivity index (χ1) is 19.2. The molecule has 1 amide bonds. The third-order valence-corrected chi connectivity index (χ3v) is 7.04. The predicted molar refractivity (Wildman–Crippen MR) is 157 cm³/mol. The maximum absolute atomic E-state index is 12.0. The zero-order chi connectivity index (χ0) is 28.2. The molecule has 1 aromatic heterocycles. The molecular weight excluding hydrogens is 528 g/mol. The second kappa shape index (κ2) is 28.7. The molecule has 0 unspecified atom stereocenters. The highest BCUT2D eigenvalue weighted by molar-refractivity contribution is 5.69. The zero-order valence-electron chi connectivity index (χ0n) is 25.4. The number of hydrogen-bond acceptors (Lipinski definition) is 5. The van der Waals surface area contributed by atoms with Crippen molar-refractivity contribution in [3.8, 4) is 0 Å². The smallest absolute Gasteiger partial charge is 0.407 e. The lowest BCUT2D eigenvalue weighted by atomic mass is 10.0. The Hall–Kier alpha value is -1.86. The van der Waals surface area contributed by atoms with Gasteiger partial charge in [-0.3, -0.25) is 4.79 Å². The lowest BCUT2D eigenvalue weighted by Crippen LogP contribution is -3.00. The lowest BCUT2D eigenvalue weighted by Gasteiger charge is -2.16. The van der Waals surface area contributed by atoms with Crippen molar-refractivity contribution in [2.24, 2.45) is 0 Å². The van der Waals surface area contributed by atoms with E-state index in [1.165, 1.54) is 97.0 Å². The van der Waals surface area contributed by atoms with E-state index in [-0.39, 0.29) is 31.6 Å². The average molecular weight is 585 g/mol. The van der Waals surface area contributed by atoms with Crippen molar-refractivity contribution in [1.29, 1.82) is 0 Å². The molecule has 0 radical (unpaired) electrons.